The summed E-state index contributed by atoms with van der Waals surface area (Å²) in [5.41, 5.74) is 6.86. The second-order valence-electron chi connectivity index (χ2n) is 2.53. The topological polar surface area (TPSA) is 38.9 Å². The maximum absolute atomic E-state index is 5.81. The third-order valence-corrected chi connectivity index (χ3v) is 2.70. The van der Waals surface area contributed by atoms with Crippen molar-refractivity contribution in [2.45, 2.75) is 32.7 Å². The van der Waals surface area contributed by atoms with Crippen molar-refractivity contribution in [3.05, 3.63) is 16.1 Å². The van der Waals surface area contributed by atoms with E-state index in [1.54, 1.807) is 11.3 Å². The van der Waals surface area contributed by atoms with Crippen molar-refractivity contribution in [1.82, 2.24) is 4.98 Å². The third kappa shape index (κ3) is 2.01. The monoisotopic (exact) mass is 170 g/mol. The fourth-order valence-electron chi connectivity index (χ4n) is 0.867. The first-order chi connectivity index (χ1) is 5.27. The fourth-order valence-corrected chi connectivity index (χ4v) is 1.68. The molecule has 1 heterocycles. The van der Waals surface area contributed by atoms with Gasteiger partial charge in [0.2, 0.25) is 0 Å². The van der Waals surface area contributed by atoms with E-state index in [0.717, 1.165) is 18.5 Å². The lowest BCUT2D eigenvalue weighted by Crippen LogP contribution is -2.08. The minimum Gasteiger partial charge on any atom is -0.323 e. The number of nitrogens with two attached hydrogens (primary N) is 1. The van der Waals surface area contributed by atoms with Crippen molar-refractivity contribution >= 4 is 11.3 Å². The molecule has 0 saturated heterocycles. The van der Waals surface area contributed by atoms with Crippen LogP contribution in [0.2, 0.25) is 0 Å². The highest BCUT2D eigenvalue weighted by atomic mass is 32.1. The van der Waals surface area contributed by atoms with E-state index in [9.17, 15) is 0 Å². The average Bonchev–Trinajstić information content (AvgIpc) is 2.50. The van der Waals surface area contributed by atoms with Crippen LogP contribution in [0.25, 0.3) is 0 Å². The van der Waals surface area contributed by atoms with Crippen LogP contribution in [-0.2, 0) is 6.42 Å². The Balaban J connectivity index is 2.71. The van der Waals surface area contributed by atoms with Gasteiger partial charge in [0.25, 0.3) is 0 Å². The van der Waals surface area contributed by atoms with E-state index < -0.39 is 0 Å². The quantitative estimate of drug-likeness (QED) is 0.754. The van der Waals surface area contributed by atoms with Crippen LogP contribution in [0.3, 0.4) is 0 Å². The number of hydrogen-bond acceptors (Lipinski definition) is 3. The lowest BCUT2D eigenvalue weighted by molar-refractivity contribution is 0.677. The van der Waals surface area contributed by atoms with Gasteiger partial charge < -0.3 is 5.73 Å². The first kappa shape index (κ1) is 8.68. The van der Waals surface area contributed by atoms with Crippen LogP contribution in [0.4, 0.5) is 0 Å². The summed E-state index contributed by atoms with van der Waals surface area (Å²) in [4.78, 5) is 4.39. The van der Waals surface area contributed by atoms with Crippen LogP contribution in [0.15, 0.2) is 5.38 Å². The average molecular weight is 170 g/mol. The Morgan fingerprint density at radius 1 is 1.64 bits per heavy atom. The molecule has 0 bridgehead atoms. The number of nitrogens with zero attached hydrogens (tertiary/aromatic N) is 1. The highest BCUT2D eigenvalue weighted by Gasteiger charge is 2.06. The van der Waals surface area contributed by atoms with E-state index in [1.165, 1.54) is 5.01 Å². The van der Waals surface area contributed by atoms with Gasteiger partial charge in [-0.15, -0.1) is 11.3 Å². The van der Waals surface area contributed by atoms with Crippen LogP contribution in [0.5, 0.6) is 0 Å². The van der Waals surface area contributed by atoms with Gasteiger partial charge in [0.1, 0.15) is 0 Å². The number of aryl methyl sites for hydroxylation is 1. The fraction of sp³-hybridized carbons (Fsp3) is 0.625. The zero-order chi connectivity index (χ0) is 8.27. The minimum atomic E-state index is 0.131. The highest BCUT2D eigenvalue weighted by molar-refractivity contribution is 7.09. The molecule has 0 fully saturated rings. The Hall–Kier alpha value is -0.410. The van der Waals surface area contributed by atoms with Crippen molar-refractivity contribution in [3.63, 3.8) is 0 Å². The normalized spacial score (nSPS) is 13.4. The molecule has 0 saturated carbocycles. The van der Waals surface area contributed by atoms with Crippen molar-refractivity contribution in [1.29, 1.82) is 0 Å². The van der Waals surface area contributed by atoms with Crippen molar-refractivity contribution < 1.29 is 0 Å². The molecule has 0 aliphatic rings. The summed E-state index contributed by atoms with van der Waals surface area (Å²) in [5.74, 6) is 0. The molecule has 1 unspecified atom stereocenters. The number of thiazole rings is 1. The lowest BCUT2D eigenvalue weighted by atomic mass is 10.2. The first-order valence-electron chi connectivity index (χ1n) is 3.97. The molecule has 0 radical (unpaired) electrons. The van der Waals surface area contributed by atoms with Gasteiger partial charge in [0.15, 0.2) is 0 Å². The summed E-state index contributed by atoms with van der Waals surface area (Å²) in [5, 5.41) is 3.25. The zero-order valence-electron chi connectivity index (χ0n) is 7.00. The molecule has 0 amide bonds. The number of rotatable bonds is 3. The zero-order valence-corrected chi connectivity index (χ0v) is 7.82. The maximum atomic E-state index is 5.81. The van der Waals surface area contributed by atoms with E-state index in [2.05, 4.69) is 24.2 Å². The first-order valence-corrected chi connectivity index (χ1v) is 4.85. The number of aromatic nitrogens is 1. The van der Waals surface area contributed by atoms with E-state index in [4.69, 9.17) is 5.73 Å². The SMILES string of the molecule is CCc1nc(C(N)CC)cs1. The molecule has 0 aliphatic heterocycles. The molecule has 0 aliphatic carbocycles. The van der Waals surface area contributed by atoms with Crippen molar-refractivity contribution in [2.24, 2.45) is 5.73 Å². The second kappa shape index (κ2) is 3.83. The predicted molar refractivity (Wildman–Crippen MR) is 48.7 cm³/mol. The van der Waals surface area contributed by atoms with E-state index in [1.807, 2.05) is 0 Å². The molecule has 1 atom stereocenters. The molecule has 1 aromatic rings. The van der Waals surface area contributed by atoms with Crippen LogP contribution in [0.1, 0.15) is 37.0 Å². The van der Waals surface area contributed by atoms with Crippen LogP contribution >= 0.6 is 11.3 Å². The second-order valence-corrected chi connectivity index (χ2v) is 3.48. The van der Waals surface area contributed by atoms with Gasteiger partial charge in [-0.2, -0.15) is 0 Å². The molecular weight excluding hydrogens is 156 g/mol. The van der Waals surface area contributed by atoms with E-state index in [0.29, 0.717) is 0 Å². The van der Waals surface area contributed by atoms with Gasteiger partial charge in [-0.05, 0) is 12.8 Å². The van der Waals surface area contributed by atoms with Gasteiger partial charge in [-0.1, -0.05) is 13.8 Å². The lowest BCUT2D eigenvalue weighted by Gasteiger charge is -2.02. The summed E-state index contributed by atoms with van der Waals surface area (Å²) in [6, 6.07) is 0.131. The summed E-state index contributed by atoms with van der Waals surface area (Å²) in [7, 11) is 0. The summed E-state index contributed by atoms with van der Waals surface area (Å²) in [6.07, 6.45) is 1.98. The summed E-state index contributed by atoms with van der Waals surface area (Å²) >= 11 is 1.70. The largest absolute Gasteiger partial charge is 0.323 e. The van der Waals surface area contributed by atoms with Gasteiger partial charge >= 0.3 is 0 Å². The van der Waals surface area contributed by atoms with Crippen molar-refractivity contribution in [2.75, 3.05) is 0 Å². The van der Waals surface area contributed by atoms with E-state index in [-0.39, 0.29) is 6.04 Å². The summed E-state index contributed by atoms with van der Waals surface area (Å²) < 4.78 is 0. The Morgan fingerprint density at radius 3 is 2.82 bits per heavy atom. The van der Waals surface area contributed by atoms with Crippen LogP contribution in [0, 0.1) is 0 Å². The molecule has 0 spiro atoms. The molecular formula is C8H14N2S. The van der Waals surface area contributed by atoms with Gasteiger partial charge in [-0.3, -0.25) is 0 Å². The maximum Gasteiger partial charge on any atom is 0.0926 e. The minimum absolute atomic E-state index is 0.131. The molecule has 2 N–H and O–H groups in total. The Labute approximate surface area is 71.5 Å². The predicted octanol–water partition coefficient (Wildman–Crippen LogP) is 2.12. The Kier molecular flexibility index (Phi) is 3.02. The van der Waals surface area contributed by atoms with Gasteiger partial charge in [0, 0.05) is 11.4 Å². The molecule has 2 nitrogen and oxygen atoms in total. The van der Waals surface area contributed by atoms with Gasteiger partial charge in [-0.25, -0.2) is 4.98 Å². The third-order valence-electron chi connectivity index (χ3n) is 1.69. The van der Waals surface area contributed by atoms with Gasteiger partial charge in [0.05, 0.1) is 10.7 Å². The molecule has 1 rings (SSSR count). The molecule has 3 heteroatoms. The van der Waals surface area contributed by atoms with Crippen molar-refractivity contribution in [3.8, 4) is 0 Å². The van der Waals surface area contributed by atoms with Crippen LogP contribution < -0.4 is 5.73 Å². The van der Waals surface area contributed by atoms with Crippen LogP contribution in [-0.4, -0.2) is 4.98 Å². The highest BCUT2D eigenvalue weighted by Crippen LogP contribution is 2.17. The molecule has 62 valence electrons. The number of hydrogen-bond donors (Lipinski definition) is 1. The molecule has 1 aromatic heterocycles. The Bertz CT molecular complexity index is 220. The standard InChI is InChI=1S/C8H14N2S/c1-3-6(9)7-5-11-8(4-2)10-7/h5-6H,3-4,9H2,1-2H3. The smallest absolute Gasteiger partial charge is 0.0926 e. The molecule has 11 heavy (non-hydrogen) atoms. The Morgan fingerprint density at radius 2 is 2.36 bits per heavy atom. The summed E-state index contributed by atoms with van der Waals surface area (Å²) in [6.45, 7) is 4.19. The van der Waals surface area contributed by atoms with E-state index >= 15 is 0 Å². The molecule has 0 aromatic carbocycles.